The summed E-state index contributed by atoms with van der Waals surface area (Å²) in [5, 5.41) is 0.909. The van der Waals surface area contributed by atoms with E-state index >= 15 is 0 Å². The molecule has 0 radical (unpaired) electrons. The summed E-state index contributed by atoms with van der Waals surface area (Å²) >= 11 is 0. The summed E-state index contributed by atoms with van der Waals surface area (Å²) in [5.74, 6) is 1.40. The average Bonchev–Trinajstić information content (AvgIpc) is 2.62. The number of hydrogen-bond acceptors (Lipinski definition) is 4. The van der Waals surface area contributed by atoms with Crippen LogP contribution in [0.3, 0.4) is 0 Å². The lowest BCUT2D eigenvalue weighted by Crippen LogP contribution is -2.01. The maximum absolute atomic E-state index is 4.70. The lowest BCUT2D eigenvalue weighted by molar-refractivity contribution is 1.05. The highest BCUT2D eigenvalue weighted by molar-refractivity contribution is 5.92. The van der Waals surface area contributed by atoms with Crippen molar-refractivity contribution in [3.05, 3.63) is 72.2 Å². The van der Waals surface area contributed by atoms with Gasteiger partial charge in [0.05, 0.1) is 16.8 Å². The van der Waals surface area contributed by atoms with Gasteiger partial charge in [0, 0.05) is 11.1 Å². The molecule has 0 aliphatic rings. The van der Waals surface area contributed by atoms with Gasteiger partial charge in [-0.1, -0.05) is 60.7 Å². The van der Waals surface area contributed by atoms with Crippen LogP contribution in [0.25, 0.3) is 33.7 Å². The predicted molar refractivity (Wildman–Crippen MR) is 95.5 cm³/mol. The second-order valence-electron chi connectivity index (χ2n) is 5.68. The minimum absolute atomic E-state index is 0.688. The van der Waals surface area contributed by atoms with Crippen molar-refractivity contribution in [3.8, 4) is 22.6 Å². The van der Waals surface area contributed by atoms with Crippen molar-refractivity contribution in [3.63, 3.8) is 0 Å². The summed E-state index contributed by atoms with van der Waals surface area (Å²) < 4.78 is 0. The fourth-order valence-electron chi connectivity index (χ4n) is 2.83. The first kappa shape index (κ1) is 14.5. The molecule has 116 valence electrons. The zero-order valence-electron chi connectivity index (χ0n) is 13.6. The Labute approximate surface area is 140 Å². The molecule has 0 saturated carbocycles. The number of benzene rings is 2. The molecule has 0 saturated heterocycles. The van der Waals surface area contributed by atoms with Crippen molar-refractivity contribution < 1.29 is 0 Å². The van der Waals surface area contributed by atoms with E-state index in [4.69, 9.17) is 9.97 Å². The lowest BCUT2D eigenvalue weighted by Gasteiger charge is -2.10. The largest absolute Gasteiger partial charge is 0.233 e. The summed E-state index contributed by atoms with van der Waals surface area (Å²) in [6.45, 7) is 3.88. The number of aryl methyl sites for hydroxylation is 2. The maximum atomic E-state index is 4.70. The molecule has 4 nitrogen and oxygen atoms in total. The van der Waals surface area contributed by atoms with Crippen LogP contribution < -0.4 is 0 Å². The normalized spacial score (nSPS) is 10.9. The summed E-state index contributed by atoms with van der Waals surface area (Å²) in [6.07, 6.45) is 0. The topological polar surface area (TPSA) is 51.6 Å². The van der Waals surface area contributed by atoms with Crippen LogP contribution in [-0.2, 0) is 0 Å². The van der Waals surface area contributed by atoms with Gasteiger partial charge in [0.25, 0.3) is 0 Å². The molecular weight excluding hydrogens is 296 g/mol. The van der Waals surface area contributed by atoms with Crippen molar-refractivity contribution in [1.29, 1.82) is 0 Å². The molecule has 2 heterocycles. The SMILES string of the molecule is Cc1nc(-c2ccccc2)c2c(C)nc(-c3ccccc3)nc2n1. The average molecular weight is 312 g/mol. The first-order valence-electron chi connectivity index (χ1n) is 7.86. The molecule has 0 aliphatic carbocycles. The van der Waals surface area contributed by atoms with Crippen molar-refractivity contribution in [2.75, 3.05) is 0 Å². The van der Waals surface area contributed by atoms with Crippen molar-refractivity contribution in [2.45, 2.75) is 13.8 Å². The molecule has 0 N–H and O–H groups in total. The third kappa shape index (κ3) is 2.52. The minimum Gasteiger partial charge on any atom is -0.233 e. The fourth-order valence-corrected chi connectivity index (χ4v) is 2.83. The minimum atomic E-state index is 0.688. The van der Waals surface area contributed by atoms with Gasteiger partial charge < -0.3 is 0 Å². The maximum Gasteiger partial charge on any atom is 0.167 e. The van der Waals surface area contributed by atoms with Gasteiger partial charge in [0.1, 0.15) is 5.82 Å². The van der Waals surface area contributed by atoms with Crippen LogP contribution in [0.1, 0.15) is 11.5 Å². The van der Waals surface area contributed by atoms with E-state index in [0.717, 1.165) is 27.9 Å². The molecule has 0 fully saturated rings. The quantitative estimate of drug-likeness (QED) is 0.551. The molecule has 4 heteroatoms. The van der Waals surface area contributed by atoms with Gasteiger partial charge in [0.2, 0.25) is 0 Å². The summed E-state index contributed by atoms with van der Waals surface area (Å²) in [5.41, 5.74) is 4.49. The molecule has 0 amide bonds. The van der Waals surface area contributed by atoms with E-state index in [1.54, 1.807) is 0 Å². The molecule has 4 aromatic rings. The highest BCUT2D eigenvalue weighted by Crippen LogP contribution is 2.28. The third-order valence-corrected chi connectivity index (χ3v) is 3.93. The van der Waals surface area contributed by atoms with Crippen LogP contribution in [0, 0.1) is 13.8 Å². The van der Waals surface area contributed by atoms with Gasteiger partial charge in [-0.3, -0.25) is 0 Å². The van der Waals surface area contributed by atoms with Gasteiger partial charge in [-0.2, -0.15) is 0 Å². The van der Waals surface area contributed by atoms with Crippen LogP contribution in [-0.4, -0.2) is 19.9 Å². The Hall–Kier alpha value is -3.14. The molecule has 24 heavy (non-hydrogen) atoms. The molecular formula is C20H16N4. The van der Waals surface area contributed by atoms with Crippen LogP contribution in [0.2, 0.25) is 0 Å². The van der Waals surface area contributed by atoms with Crippen molar-refractivity contribution in [2.24, 2.45) is 0 Å². The van der Waals surface area contributed by atoms with Gasteiger partial charge in [-0.25, -0.2) is 19.9 Å². The Morgan fingerprint density at radius 1 is 0.625 bits per heavy atom. The number of hydrogen-bond donors (Lipinski definition) is 0. The van der Waals surface area contributed by atoms with Gasteiger partial charge in [0.15, 0.2) is 11.5 Å². The zero-order chi connectivity index (χ0) is 16.5. The van der Waals surface area contributed by atoms with Crippen molar-refractivity contribution in [1.82, 2.24) is 19.9 Å². The van der Waals surface area contributed by atoms with E-state index in [2.05, 4.69) is 9.97 Å². The Balaban J connectivity index is 2.01. The van der Waals surface area contributed by atoms with E-state index in [0.29, 0.717) is 17.3 Å². The van der Waals surface area contributed by atoms with Crippen LogP contribution >= 0.6 is 0 Å². The smallest absolute Gasteiger partial charge is 0.167 e. The predicted octanol–water partition coefficient (Wildman–Crippen LogP) is 4.37. The molecule has 0 aliphatic heterocycles. The van der Waals surface area contributed by atoms with Gasteiger partial charge in [-0.05, 0) is 13.8 Å². The molecule has 2 aromatic carbocycles. The molecule has 2 aromatic heterocycles. The first-order valence-corrected chi connectivity index (χ1v) is 7.86. The zero-order valence-corrected chi connectivity index (χ0v) is 13.6. The van der Waals surface area contributed by atoms with E-state index in [-0.39, 0.29) is 0 Å². The first-order chi connectivity index (χ1) is 11.7. The van der Waals surface area contributed by atoms with Crippen LogP contribution in [0.4, 0.5) is 0 Å². The number of nitrogens with zero attached hydrogens (tertiary/aromatic N) is 4. The summed E-state index contributed by atoms with van der Waals surface area (Å²) in [7, 11) is 0. The molecule has 0 atom stereocenters. The number of fused-ring (bicyclic) bond motifs is 1. The Morgan fingerprint density at radius 3 is 1.92 bits per heavy atom. The summed E-state index contributed by atoms with van der Waals surface area (Å²) in [4.78, 5) is 18.6. The molecule has 0 spiro atoms. The second-order valence-corrected chi connectivity index (χ2v) is 5.68. The monoisotopic (exact) mass is 312 g/mol. The highest BCUT2D eigenvalue weighted by atomic mass is 15.0. The van der Waals surface area contributed by atoms with Crippen LogP contribution in [0.5, 0.6) is 0 Å². The molecule has 4 rings (SSSR count). The summed E-state index contributed by atoms with van der Waals surface area (Å²) in [6, 6.07) is 20.1. The Kier molecular flexibility index (Phi) is 3.50. The van der Waals surface area contributed by atoms with E-state index < -0.39 is 0 Å². The fraction of sp³-hybridized carbons (Fsp3) is 0.100. The van der Waals surface area contributed by atoms with E-state index in [9.17, 15) is 0 Å². The Bertz CT molecular complexity index is 1010. The number of rotatable bonds is 2. The third-order valence-electron chi connectivity index (χ3n) is 3.93. The van der Waals surface area contributed by atoms with Gasteiger partial charge in [-0.15, -0.1) is 0 Å². The standard InChI is InChI=1S/C20H16N4/c1-13-17-18(15-9-5-3-6-10-15)22-14(2)23-20(17)24-19(21-13)16-11-7-4-8-12-16/h3-12H,1-2H3. The lowest BCUT2D eigenvalue weighted by atomic mass is 10.1. The Morgan fingerprint density at radius 2 is 1.25 bits per heavy atom. The van der Waals surface area contributed by atoms with E-state index in [1.165, 1.54) is 0 Å². The number of aromatic nitrogens is 4. The van der Waals surface area contributed by atoms with Crippen LogP contribution in [0.15, 0.2) is 60.7 Å². The van der Waals surface area contributed by atoms with Crippen molar-refractivity contribution >= 4 is 11.0 Å². The molecule has 0 bridgehead atoms. The highest BCUT2D eigenvalue weighted by Gasteiger charge is 2.14. The van der Waals surface area contributed by atoms with Gasteiger partial charge >= 0.3 is 0 Å². The van der Waals surface area contributed by atoms with E-state index in [1.807, 2.05) is 74.5 Å². The molecule has 0 unspecified atom stereocenters. The second kappa shape index (κ2) is 5.81.